The second kappa shape index (κ2) is 6.90. The lowest BCUT2D eigenvalue weighted by atomic mass is 9.85. The Morgan fingerprint density at radius 1 is 1.67 bits per heavy atom. The average molecular weight is 266 g/mol. The van der Waals surface area contributed by atoms with Crippen LogP contribution in [0, 0.1) is 11.8 Å². The third-order valence-corrected chi connectivity index (χ3v) is 4.56. The number of hydrogen-bond acceptors (Lipinski definition) is 3. The summed E-state index contributed by atoms with van der Waals surface area (Å²) in [7, 11) is 0. The van der Waals surface area contributed by atoms with E-state index in [4.69, 9.17) is 0 Å². The van der Waals surface area contributed by atoms with Crippen LogP contribution in [0.4, 0.5) is 0 Å². The van der Waals surface area contributed by atoms with Crippen molar-refractivity contribution in [1.29, 1.82) is 0 Å². The molecule has 2 unspecified atom stereocenters. The standard InChI is InChI=1S/C14H22N2OS/c1-11(12-4-2-6-15-9-12)8-14(17)16-10-13-5-3-7-18-13/h3,5,7,11-12,15H,2,4,6,8-10H2,1H3,(H,16,17). The van der Waals surface area contributed by atoms with Crippen LogP contribution in [0.1, 0.15) is 31.1 Å². The highest BCUT2D eigenvalue weighted by Gasteiger charge is 2.21. The minimum Gasteiger partial charge on any atom is -0.351 e. The molecule has 1 saturated heterocycles. The van der Waals surface area contributed by atoms with Gasteiger partial charge in [-0.1, -0.05) is 13.0 Å². The molecule has 1 aromatic heterocycles. The van der Waals surface area contributed by atoms with Crippen molar-refractivity contribution in [3.63, 3.8) is 0 Å². The first-order valence-electron chi connectivity index (χ1n) is 6.75. The number of thiophene rings is 1. The van der Waals surface area contributed by atoms with Crippen LogP contribution in [0.3, 0.4) is 0 Å². The maximum atomic E-state index is 11.9. The van der Waals surface area contributed by atoms with Gasteiger partial charge in [-0.05, 0) is 49.2 Å². The van der Waals surface area contributed by atoms with Crippen LogP contribution >= 0.6 is 11.3 Å². The molecule has 0 saturated carbocycles. The Hall–Kier alpha value is -0.870. The van der Waals surface area contributed by atoms with Gasteiger partial charge in [-0.3, -0.25) is 4.79 Å². The van der Waals surface area contributed by atoms with Crippen LogP contribution in [0.15, 0.2) is 17.5 Å². The zero-order valence-corrected chi connectivity index (χ0v) is 11.8. The number of amides is 1. The lowest BCUT2D eigenvalue weighted by Crippen LogP contribution is -2.35. The molecule has 2 atom stereocenters. The number of hydrogen-bond donors (Lipinski definition) is 2. The topological polar surface area (TPSA) is 41.1 Å². The molecule has 2 heterocycles. The van der Waals surface area contributed by atoms with Crippen molar-refractivity contribution in [2.75, 3.05) is 13.1 Å². The van der Waals surface area contributed by atoms with Crippen LogP contribution in [-0.4, -0.2) is 19.0 Å². The SMILES string of the molecule is CC(CC(=O)NCc1cccs1)C1CCCNC1. The van der Waals surface area contributed by atoms with E-state index in [1.165, 1.54) is 17.7 Å². The highest BCUT2D eigenvalue weighted by atomic mass is 32.1. The van der Waals surface area contributed by atoms with Gasteiger partial charge in [0.2, 0.25) is 5.91 Å². The third kappa shape index (κ3) is 4.10. The van der Waals surface area contributed by atoms with Gasteiger partial charge in [-0.2, -0.15) is 0 Å². The average Bonchev–Trinajstić information content (AvgIpc) is 2.90. The fourth-order valence-corrected chi connectivity index (χ4v) is 3.14. The molecule has 0 aliphatic carbocycles. The van der Waals surface area contributed by atoms with Crippen LogP contribution in [0.25, 0.3) is 0 Å². The minimum atomic E-state index is 0.182. The van der Waals surface area contributed by atoms with E-state index in [9.17, 15) is 4.79 Å². The highest BCUT2D eigenvalue weighted by molar-refractivity contribution is 7.09. The molecular weight excluding hydrogens is 244 g/mol. The molecule has 0 radical (unpaired) electrons. The first-order chi connectivity index (χ1) is 8.75. The number of rotatable bonds is 5. The fourth-order valence-electron chi connectivity index (χ4n) is 2.49. The predicted molar refractivity (Wildman–Crippen MR) is 75.5 cm³/mol. The first kappa shape index (κ1) is 13.6. The van der Waals surface area contributed by atoms with E-state index in [0.29, 0.717) is 24.8 Å². The minimum absolute atomic E-state index is 0.182. The van der Waals surface area contributed by atoms with E-state index in [0.717, 1.165) is 13.1 Å². The second-order valence-electron chi connectivity index (χ2n) is 5.14. The molecule has 2 rings (SSSR count). The van der Waals surface area contributed by atoms with Crippen molar-refractivity contribution in [2.45, 2.75) is 32.7 Å². The summed E-state index contributed by atoms with van der Waals surface area (Å²) in [5.41, 5.74) is 0. The molecule has 0 bridgehead atoms. The van der Waals surface area contributed by atoms with Crippen molar-refractivity contribution < 1.29 is 4.79 Å². The van der Waals surface area contributed by atoms with E-state index >= 15 is 0 Å². The Morgan fingerprint density at radius 2 is 2.56 bits per heavy atom. The van der Waals surface area contributed by atoms with E-state index in [-0.39, 0.29) is 5.91 Å². The van der Waals surface area contributed by atoms with Crippen LogP contribution in [-0.2, 0) is 11.3 Å². The normalized spacial score (nSPS) is 21.5. The molecule has 1 aliphatic rings. The van der Waals surface area contributed by atoms with Crippen molar-refractivity contribution in [3.05, 3.63) is 22.4 Å². The first-order valence-corrected chi connectivity index (χ1v) is 7.63. The summed E-state index contributed by atoms with van der Waals surface area (Å²) in [5, 5.41) is 8.46. The van der Waals surface area contributed by atoms with Gasteiger partial charge in [0.15, 0.2) is 0 Å². The van der Waals surface area contributed by atoms with Gasteiger partial charge in [0.1, 0.15) is 0 Å². The molecule has 18 heavy (non-hydrogen) atoms. The molecule has 1 amide bonds. The molecule has 0 aromatic carbocycles. The third-order valence-electron chi connectivity index (χ3n) is 3.69. The summed E-state index contributed by atoms with van der Waals surface area (Å²) in [4.78, 5) is 13.1. The lowest BCUT2D eigenvalue weighted by Gasteiger charge is -2.27. The predicted octanol–water partition coefficient (Wildman–Crippen LogP) is 2.39. The van der Waals surface area contributed by atoms with E-state index in [1.54, 1.807) is 11.3 Å². The summed E-state index contributed by atoms with van der Waals surface area (Å²) in [5.74, 6) is 1.31. The maximum Gasteiger partial charge on any atom is 0.220 e. The summed E-state index contributed by atoms with van der Waals surface area (Å²) >= 11 is 1.69. The summed E-state index contributed by atoms with van der Waals surface area (Å²) in [6.07, 6.45) is 3.15. The van der Waals surface area contributed by atoms with Gasteiger partial charge < -0.3 is 10.6 Å². The molecule has 1 aliphatic heterocycles. The van der Waals surface area contributed by atoms with E-state index in [2.05, 4.69) is 23.6 Å². The van der Waals surface area contributed by atoms with Crippen LogP contribution in [0.2, 0.25) is 0 Å². The zero-order valence-electron chi connectivity index (χ0n) is 10.9. The quantitative estimate of drug-likeness (QED) is 0.859. The van der Waals surface area contributed by atoms with Gasteiger partial charge in [0.05, 0.1) is 6.54 Å². The van der Waals surface area contributed by atoms with Gasteiger partial charge in [-0.15, -0.1) is 11.3 Å². The number of piperidine rings is 1. The molecule has 4 heteroatoms. The molecule has 1 aromatic rings. The van der Waals surface area contributed by atoms with Gasteiger partial charge in [0, 0.05) is 11.3 Å². The summed E-state index contributed by atoms with van der Waals surface area (Å²) in [6.45, 7) is 5.07. The Balaban J connectivity index is 1.69. The van der Waals surface area contributed by atoms with Crippen LogP contribution in [0.5, 0.6) is 0 Å². The second-order valence-corrected chi connectivity index (χ2v) is 6.18. The van der Waals surface area contributed by atoms with Crippen molar-refractivity contribution in [3.8, 4) is 0 Å². The van der Waals surface area contributed by atoms with Crippen molar-refractivity contribution >= 4 is 17.2 Å². The number of carbonyl (C=O) groups excluding carboxylic acids is 1. The lowest BCUT2D eigenvalue weighted by molar-refractivity contribution is -0.122. The Kier molecular flexibility index (Phi) is 5.20. The molecule has 2 N–H and O–H groups in total. The van der Waals surface area contributed by atoms with Gasteiger partial charge >= 0.3 is 0 Å². The molecule has 0 spiro atoms. The van der Waals surface area contributed by atoms with Crippen LogP contribution < -0.4 is 10.6 Å². The smallest absolute Gasteiger partial charge is 0.220 e. The van der Waals surface area contributed by atoms with Gasteiger partial charge in [-0.25, -0.2) is 0 Å². The number of carbonyl (C=O) groups is 1. The zero-order chi connectivity index (χ0) is 12.8. The monoisotopic (exact) mass is 266 g/mol. The number of nitrogens with one attached hydrogen (secondary N) is 2. The Labute approximate surface area is 113 Å². The Bertz CT molecular complexity index is 358. The molecule has 100 valence electrons. The molecule has 3 nitrogen and oxygen atoms in total. The van der Waals surface area contributed by atoms with E-state index in [1.807, 2.05) is 11.4 Å². The summed E-state index contributed by atoms with van der Waals surface area (Å²) in [6, 6.07) is 4.07. The largest absolute Gasteiger partial charge is 0.351 e. The van der Waals surface area contributed by atoms with E-state index < -0.39 is 0 Å². The fraction of sp³-hybridized carbons (Fsp3) is 0.643. The van der Waals surface area contributed by atoms with Crippen molar-refractivity contribution in [1.82, 2.24) is 10.6 Å². The maximum absolute atomic E-state index is 11.9. The van der Waals surface area contributed by atoms with Crippen molar-refractivity contribution in [2.24, 2.45) is 11.8 Å². The molecular formula is C14H22N2OS. The highest BCUT2D eigenvalue weighted by Crippen LogP contribution is 2.22. The molecule has 1 fully saturated rings. The summed E-state index contributed by atoms with van der Waals surface area (Å²) < 4.78 is 0. The van der Waals surface area contributed by atoms with Gasteiger partial charge in [0.25, 0.3) is 0 Å². The Morgan fingerprint density at radius 3 is 3.22 bits per heavy atom.